The van der Waals surface area contributed by atoms with E-state index in [9.17, 15) is 18.0 Å². The Hall–Kier alpha value is -1.65. The van der Waals surface area contributed by atoms with Crippen molar-refractivity contribution in [2.24, 2.45) is 5.73 Å². The molecule has 0 saturated heterocycles. The first-order valence-electron chi connectivity index (χ1n) is 5.81. The average Bonchev–Trinajstić information content (AvgIpc) is 2.41. The molecule has 124 valence electrons. The molecule has 1 amide bonds. The van der Waals surface area contributed by atoms with Crippen LogP contribution in [-0.2, 0) is 19.1 Å². The van der Waals surface area contributed by atoms with E-state index >= 15 is 0 Å². The van der Waals surface area contributed by atoms with E-state index in [0.29, 0.717) is 39.5 Å². The second-order valence-electron chi connectivity index (χ2n) is 3.31. The zero-order chi connectivity index (χ0) is 16.7. The number of carbonyl (C=O) groups excluding carboxylic acids is 1. The number of carbonyl (C=O) groups is 2. The number of alkyl halides is 3. The molecule has 0 aliphatic carbocycles. The third kappa shape index (κ3) is 18.4. The Bertz CT molecular complexity index is 311. The molecule has 0 radical (unpaired) electrons. The molecular formula is C11H19F3N2O5. The number of nitrogens with two attached hydrogens (primary N) is 1. The van der Waals surface area contributed by atoms with Gasteiger partial charge in [0.05, 0.1) is 26.4 Å². The SMILES string of the molecule is C=CC(=O)NCCOCCOCCN.O=C(O)C(F)(F)F. The Balaban J connectivity index is 0. The Morgan fingerprint density at radius 3 is 2.05 bits per heavy atom. The first-order valence-corrected chi connectivity index (χ1v) is 5.81. The molecule has 0 bridgehead atoms. The van der Waals surface area contributed by atoms with Gasteiger partial charge in [0.25, 0.3) is 0 Å². The lowest BCUT2D eigenvalue weighted by Gasteiger charge is -2.05. The van der Waals surface area contributed by atoms with E-state index in [2.05, 4.69) is 11.9 Å². The highest BCUT2D eigenvalue weighted by Gasteiger charge is 2.38. The van der Waals surface area contributed by atoms with Crippen LogP contribution in [-0.4, -0.2) is 62.7 Å². The number of rotatable bonds is 9. The fourth-order valence-electron chi connectivity index (χ4n) is 0.724. The monoisotopic (exact) mass is 316 g/mol. The zero-order valence-corrected chi connectivity index (χ0v) is 11.3. The zero-order valence-electron chi connectivity index (χ0n) is 11.3. The fourth-order valence-corrected chi connectivity index (χ4v) is 0.724. The number of ether oxygens (including phenoxy) is 2. The van der Waals surface area contributed by atoms with Gasteiger partial charge in [0.1, 0.15) is 0 Å². The van der Waals surface area contributed by atoms with Crippen molar-refractivity contribution >= 4 is 11.9 Å². The van der Waals surface area contributed by atoms with Gasteiger partial charge in [-0.3, -0.25) is 4.79 Å². The largest absolute Gasteiger partial charge is 0.490 e. The standard InChI is InChI=1S/C9H18N2O3.C2HF3O2/c1-2-9(12)11-4-6-14-8-7-13-5-3-10;3-2(4,5)1(6)7/h2H,1,3-8,10H2,(H,11,12);(H,6,7). The molecular weight excluding hydrogens is 297 g/mol. The molecule has 0 saturated carbocycles. The van der Waals surface area contributed by atoms with Crippen molar-refractivity contribution in [2.45, 2.75) is 6.18 Å². The molecule has 4 N–H and O–H groups in total. The van der Waals surface area contributed by atoms with Gasteiger partial charge in [0.2, 0.25) is 5.91 Å². The summed E-state index contributed by atoms with van der Waals surface area (Å²) in [7, 11) is 0. The summed E-state index contributed by atoms with van der Waals surface area (Å²) >= 11 is 0. The number of aliphatic carboxylic acids is 1. The van der Waals surface area contributed by atoms with E-state index in [-0.39, 0.29) is 5.91 Å². The number of halogens is 3. The minimum Gasteiger partial charge on any atom is -0.475 e. The van der Waals surface area contributed by atoms with Crippen LogP contribution in [0, 0.1) is 0 Å². The maximum Gasteiger partial charge on any atom is 0.490 e. The van der Waals surface area contributed by atoms with Crippen molar-refractivity contribution in [3.05, 3.63) is 12.7 Å². The lowest BCUT2D eigenvalue weighted by molar-refractivity contribution is -0.192. The molecule has 0 atom stereocenters. The normalized spacial score (nSPS) is 10.3. The van der Waals surface area contributed by atoms with Gasteiger partial charge in [-0.1, -0.05) is 6.58 Å². The van der Waals surface area contributed by atoms with Crippen molar-refractivity contribution in [3.63, 3.8) is 0 Å². The van der Waals surface area contributed by atoms with E-state index in [1.54, 1.807) is 0 Å². The summed E-state index contributed by atoms with van der Waals surface area (Å²) in [4.78, 5) is 19.6. The van der Waals surface area contributed by atoms with Crippen molar-refractivity contribution in [3.8, 4) is 0 Å². The summed E-state index contributed by atoms with van der Waals surface area (Å²) in [5, 5.41) is 9.72. The molecule has 0 aliphatic rings. The molecule has 7 nitrogen and oxygen atoms in total. The fraction of sp³-hybridized carbons (Fsp3) is 0.636. The third-order valence-corrected chi connectivity index (χ3v) is 1.61. The van der Waals surface area contributed by atoms with Crippen LogP contribution in [0.3, 0.4) is 0 Å². The molecule has 0 spiro atoms. The average molecular weight is 316 g/mol. The maximum atomic E-state index is 10.7. The Labute approximate surface area is 119 Å². The van der Waals surface area contributed by atoms with Gasteiger partial charge in [0.15, 0.2) is 0 Å². The number of carboxylic acids is 1. The lowest BCUT2D eigenvalue weighted by atomic mass is 10.5. The van der Waals surface area contributed by atoms with Crippen LogP contribution in [0.2, 0.25) is 0 Å². The topological polar surface area (TPSA) is 111 Å². The van der Waals surface area contributed by atoms with Crippen molar-refractivity contribution in [2.75, 3.05) is 39.5 Å². The number of hydrogen-bond acceptors (Lipinski definition) is 5. The summed E-state index contributed by atoms with van der Waals surface area (Å²) < 4.78 is 42.0. The van der Waals surface area contributed by atoms with Crippen LogP contribution in [0.4, 0.5) is 13.2 Å². The van der Waals surface area contributed by atoms with Crippen molar-refractivity contribution in [1.29, 1.82) is 0 Å². The van der Waals surface area contributed by atoms with Crippen LogP contribution in [0.15, 0.2) is 12.7 Å². The van der Waals surface area contributed by atoms with E-state index < -0.39 is 12.1 Å². The minimum atomic E-state index is -5.08. The van der Waals surface area contributed by atoms with Gasteiger partial charge in [-0.2, -0.15) is 13.2 Å². The highest BCUT2D eigenvalue weighted by Crippen LogP contribution is 2.13. The smallest absolute Gasteiger partial charge is 0.475 e. The molecule has 0 fully saturated rings. The molecule has 0 rings (SSSR count). The number of nitrogens with one attached hydrogen (secondary N) is 1. The Morgan fingerprint density at radius 1 is 1.19 bits per heavy atom. The van der Waals surface area contributed by atoms with Crippen LogP contribution in [0.25, 0.3) is 0 Å². The van der Waals surface area contributed by atoms with Crippen LogP contribution in [0.1, 0.15) is 0 Å². The van der Waals surface area contributed by atoms with Gasteiger partial charge >= 0.3 is 12.1 Å². The summed E-state index contributed by atoms with van der Waals surface area (Å²) in [5.74, 6) is -2.94. The lowest BCUT2D eigenvalue weighted by Crippen LogP contribution is -2.25. The first kappa shape index (κ1) is 21.6. The predicted molar refractivity (Wildman–Crippen MR) is 67.6 cm³/mol. The summed E-state index contributed by atoms with van der Waals surface area (Å²) in [6.07, 6.45) is -3.86. The van der Waals surface area contributed by atoms with Gasteiger partial charge in [-0.15, -0.1) is 0 Å². The number of carboxylic acid groups (broad SMARTS) is 1. The molecule has 10 heteroatoms. The first-order chi connectivity index (χ1) is 9.75. The molecule has 0 heterocycles. The van der Waals surface area contributed by atoms with Crippen molar-refractivity contribution < 1.29 is 37.3 Å². The molecule has 0 aromatic heterocycles. The molecule has 0 aromatic rings. The summed E-state index contributed by atoms with van der Waals surface area (Å²) in [5.41, 5.74) is 5.22. The van der Waals surface area contributed by atoms with Gasteiger partial charge in [0, 0.05) is 13.1 Å². The molecule has 0 aliphatic heterocycles. The van der Waals surface area contributed by atoms with Crippen LogP contribution >= 0.6 is 0 Å². The Kier molecular flexibility index (Phi) is 13.7. The molecule has 0 unspecified atom stereocenters. The number of hydrogen-bond donors (Lipinski definition) is 3. The van der Waals surface area contributed by atoms with Crippen molar-refractivity contribution in [1.82, 2.24) is 5.32 Å². The molecule has 0 aromatic carbocycles. The molecule has 21 heavy (non-hydrogen) atoms. The number of amides is 1. The van der Waals surface area contributed by atoms with E-state index in [1.165, 1.54) is 6.08 Å². The van der Waals surface area contributed by atoms with Gasteiger partial charge in [-0.05, 0) is 6.08 Å². The Morgan fingerprint density at radius 2 is 1.67 bits per heavy atom. The maximum absolute atomic E-state index is 10.7. The summed E-state index contributed by atoms with van der Waals surface area (Å²) in [6, 6.07) is 0. The third-order valence-electron chi connectivity index (χ3n) is 1.61. The van der Waals surface area contributed by atoms with E-state index in [0.717, 1.165) is 0 Å². The van der Waals surface area contributed by atoms with E-state index in [4.69, 9.17) is 25.1 Å². The van der Waals surface area contributed by atoms with Crippen LogP contribution < -0.4 is 11.1 Å². The highest BCUT2D eigenvalue weighted by atomic mass is 19.4. The van der Waals surface area contributed by atoms with Gasteiger partial charge in [-0.25, -0.2) is 4.79 Å². The highest BCUT2D eigenvalue weighted by molar-refractivity contribution is 5.86. The summed E-state index contributed by atoms with van der Waals surface area (Å²) in [6.45, 7) is 6.42. The minimum absolute atomic E-state index is 0.187. The van der Waals surface area contributed by atoms with Gasteiger partial charge < -0.3 is 25.6 Å². The second kappa shape index (κ2) is 13.3. The van der Waals surface area contributed by atoms with Crippen LogP contribution in [0.5, 0.6) is 0 Å². The predicted octanol–water partition coefficient (Wildman–Crippen LogP) is -0.0862. The quantitative estimate of drug-likeness (QED) is 0.405. The second-order valence-corrected chi connectivity index (χ2v) is 3.31. The van der Waals surface area contributed by atoms with E-state index in [1.807, 2.05) is 0 Å².